The molecule has 0 bridgehead atoms. The van der Waals surface area contributed by atoms with Gasteiger partial charge in [-0.25, -0.2) is 4.79 Å². The van der Waals surface area contributed by atoms with E-state index in [1.54, 1.807) is 12.0 Å². The fraction of sp³-hybridized carbons (Fsp3) is 0.650. The molecule has 0 radical (unpaired) electrons. The van der Waals surface area contributed by atoms with E-state index < -0.39 is 5.60 Å². The second-order valence-corrected chi connectivity index (χ2v) is 8.08. The van der Waals surface area contributed by atoms with Crippen molar-refractivity contribution in [3.8, 4) is 11.5 Å². The zero-order chi connectivity index (χ0) is 19.6. The molecule has 3 rings (SSSR count). The Balaban J connectivity index is 1.65. The first-order chi connectivity index (χ1) is 12.8. The molecule has 0 aromatic heterocycles. The van der Waals surface area contributed by atoms with Crippen LogP contribution in [0.3, 0.4) is 0 Å². The smallest absolute Gasteiger partial charge is 0.410 e. The molecule has 1 atom stereocenters. The number of ether oxygens (including phenoxy) is 4. The standard InChI is InChI=1S/C20H30N2O5/c1-14-11-21(8-9-22(14)19(23)27-20(2,3)4)15-6-7-17(18(10-15)24-5)26-16-12-25-13-16/h6-7,10,14,16H,8-9,11-13H2,1-5H3/t14-/m1/s1. The Hall–Kier alpha value is -2.15. The molecule has 7 heteroatoms. The second kappa shape index (κ2) is 7.84. The summed E-state index contributed by atoms with van der Waals surface area (Å²) in [6.07, 6.45) is -0.152. The van der Waals surface area contributed by atoms with Gasteiger partial charge in [0.1, 0.15) is 11.7 Å². The Morgan fingerprint density at radius 2 is 1.93 bits per heavy atom. The summed E-state index contributed by atoms with van der Waals surface area (Å²) in [5, 5.41) is 0. The van der Waals surface area contributed by atoms with Crippen LogP contribution in [0.2, 0.25) is 0 Å². The molecule has 0 aliphatic carbocycles. The molecule has 0 unspecified atom stereocenters. The predicted octanol–water partition coefficient (Wildman–Crippen LogP) is 2.92. The van der Waals surface area contributed by atoms with Crippen molar-refractivity contribution in [1.82, 2.24) is 4.90 Å². The van der Waals surface area contributed by atoms with Gasteiger partial charge in [0.2, 0.25) is 0 Å². The maximum absolute atomic E-state index is 12.4. The molecule has 2 heterocycles. The summed E-state index contributed by atoms with van der Waals surface area (Å²) in [6, 6.07) is 6.03. The van der Waals surface area contributed by atoms with E-state index in [1.165, 1.54) is 0 Å². The normalized spacial score (nSPS) is 20.9. The van der Waals surface area contributed by atoms with Gasteiger partial charge in [0.25, 0.3) is 0 Å². The van der Waals surface area contributed by atoms with Crippen LogP contribution in [-0.2, 0) is 9.47 Å². The molecule has 0 N–H and O–H groups in total. The van der Waals surface area contributed by atoms with Crippen molar-refractivity contribution in [2.45, 2.75) is 45.4 Å². The van der Waals surface area contributed by atoms with Crippen molar-refractivity contribution in [2.75, 3.05) is 44.9 Å². The van der Waals surface area contributed by atoms with Crippen molar-refractivity contribution in [3.05, 3.63) is 18.2 Å². The van der Waals surface area contributed by atoms with Gasteiger partial charge in [0.15, 0.2) is 11.5 Å². The number of anilines is 1. The average Bonchev–Trinajstić information content (AvgIpc) is 2.56. The summed E-state index contributed by atoms with van der Waals surface area (Å²) in [5.41, 5.74) is 0.572. The highest BCUT2D eigenvalue weighted by atomic mass is 16.6. The molecule has 1 aromatic carbocycles. The van der Waals surface area contributed by atoms with Crippen molar-refractivity contribution >= 4 is 11.8 Å². The lowest BCUT2D eigenvalue weighted by molar-refractivity contribution is -0.0803. The number of piperazine rings is 1. The Morgan fingerprint density at radius 1 is 1.19 bits per heavy atom. The molecule has 2 aliphatic rings. The summed E-state index contributed by atoms with van der Waals surface area (Å²) in [6.45, 7) is 11.0. The minimum atomic E-state index is -0.484. The van der Waals surface area contributed by atoms with E-state index in [0.717, 1.165) is 24.5 Å². The van der Waals surface area contributed by atoms with E-state index in [-0.39, 0.29) is 18.2 Å². The lowest BCUT2D eigenvalue weighted by atomic mass is 10.1. The molecule has 150 valence electrons. The summed E-state index contributed by atoms with van der Waals surface area (Å²) in [4.78, 5) is 16.4. The first-order valence-electron chi connectivity index (χ1n) is 9.44. The van der Waals surface area contributed by atoms with Gasteiger partial charge in [-0.2, -0.15) is 0 Å². The average molecular weight is 378 g/mol. The fourth-order valence-electron chi connectivity index (χ4n) is 3.20. The van der Waals surface area contributed by atoms with Crippen LogP contribution in [0.1, 0.15) is 27.7 Å². The quantitative estimate of drug-likeness (QED) is 0.803. The van der Waals surface area contributed by atoms with Crippen molar-refractivity contribution in [3.63, 3.8) is 0 Å². The molecule has 2 saturated heterocycles. The van der Waals surface area contributed by atoms with Gasteiger partial charge in [-0.15, -0.1) is 0 Å². The topological polar surface area (TPSA) is 60.5 Å². The zero-order valence-electron chi connectivity index (χ0n) is 16.9. The summed E-state index contributed by atoms with van der Waals surface area (Å²) >= 11 is 0. The highest BCUT2D eigenvalue weighted by molar-refractivity contribution is 5.69. The first kappa shape index (κ1) is 19.6. The lowest BCUT2D eigenvalue weighted by Gasteiger charge is -2.41. The predicted molar refractivity (Wildman–Crippen MR) is 103 cm³/mol. The third-order valence-corrected chi connectivity index (χ3v) is 4.67. The Kier molecular flexibility index (Phi) is 5.69. The number of hydrogen-bond acceptors (Lipinski definition) is 6. The van der Waals surface area contributed by atoms with Crippen LogP contribution in [0, 0.1) is 0 Å². The van der Waals surface area contributed by atoms with Crippen LogP contribution in [0.4, 0.5) is 10.5 Å². The number of rotatable bonds is 4. The minimum absolute atomic E-state index is 0.0580. The van der Waals surface area contributed by atoms with E-state index >= 15 is 0 Å². The SMILES string of the molecule is COc1cc(N2CCN(C(=O)OC(C)(C)C)[C@H](C)C2)ccc1OC1COC1. The van der Waals surface area contributed by atoms with Crippen LogP contribution in [-0.4, -0.2) is 68.7 Å². The minimum Gasteiger partial charge on any atom is -0.493 e. The van der Waals surface area contributed by atoms with Crippen LogP contribution < -0.4 is 14.4 Å². The fourth-order valence-corrected chi connectivity index (χ4v) is 3.20. The third-order valence-electron chi connectivity index (χ3n) is 4.67. The van der Waals surface area contributed by atoms with E-state index in [2.05, 4.69) is 4.90 Å². The van der Waals surface area contributed by atoms with Crippen molar-refractivity contribution < 1.29 is 23.7 Å². The van der Waals surface area contributed by atoms with Crippen molar-refractivity contribution in [1.29, 1.82) is 0 Å². The molecule has 7 nitrogen and oxygen atoms in total. The number of benzene rings is 1. The molecular weight excluding hydrogens is 348 g/mol. The number of hydrogen-bond donors (Lipinski definition) is 0. The number of nitrogens with zero attached hydrogens (tertiary/aromatic N) is 2. The molecule has 0 spiro atoms. The highest BCUT2D eigenvalue weighted by Crippen LogP contribution is 2.34. The van der Waals surface area contributed by atoms with Gasteiger partial charge < -0.3 is 28.7 Å². The molecule has 2 aliphatic heterocycles. The molecule has 1 aromatic rings. The molecule has 27 heavy (non-hydrogen) atoms. The lowest BCUT2D eigenvalue weighted by Crippen LogP contribution is -2.55. The molecule has 0 saturated carbocycles. The van der Waals surface area contributed by atoms with Gasteiger partial charge in [0, 0.05) is 37.4 Å². The van der Waals surface area contributed by atoms with Gasteiger partial charge >= 0.3 is 6.09 Å². The summed E-state index contributed by atoms with van der Waals surface area (Å²) in [5.74, 6) is 1.44. The zero-order valence-corrected chi connectivity index (χ0v) is 16.9. The van der Waals surface area contributed by atoms with Crippen molar-refractivity contribution in [2.24, 2.45) is 0 Å². The number of amides is 1. The maximum atomic E-state index is 12.4. The maximum Gasteiger partial charge on any atom is 0.410 e. The number of methoxy groups -OCH3 is 1. The highest BCUT2D eigenvalue weighted by Gasteiger charge is 2.31. The number of carbonyl (C=O) groups excluding carboxylic acids is 1. The Bertz CT molecular complexity index is 669. The monoisotopic (exact) mass is 378 g/mol. The summed E-state index contributed by atoms with van der Waals surface area (Å²) < 4.78 is 22.1. The van der Waals surface area contributed by atoms with Crippen LogP contribution in [0.5, 0.6) is 11.5 Å². The van der Waals surface area contributed by atoms with E-state index in [4.69, 9.17) is 18.9 Å². The third kappa shape index (κ3) is 4.77. The summed E-state index contributed by atoms with van der Waals surface area (Å²) in [7, 11) is 1.65. The Morgan fingerprint density at radius 3 is 2.48 bits per heavy atom. The van der Waals surface area contributed by atoms with E-state index in [9.17, 15) is 4.79 Å². The molecular formula is C20H30N2O5. The van der Waals surface area contributed by atoms with Gasteiger partial charge in [-0.05, 0) is 39.8 Å². The van der Waals surface area contributed by atoms with Gasteiger partial charge in [0.05, 0.1) is 20.3 Å². The largest absolute Gasteiger partial charge is 0.493 e. The number of carbonyl (C=O) groups is 1. The van der Waals surface area contributed by atoms with Crippen LogP contribution >= 0.6 is 0 Å². The van der Waals surface area contributed by atoms with Gasteiger partial charge in [-0.3, -0.25) is 0 Å². The molecule has 2 fully saturated rings. The molecule has 1 amide bonds. The van der Waals surface area contributed by atoms with E-state index in [0.29, 0.717) is 25.5 Å². The first-order valence-corrected chi connectivity index (χ1v) is 9.44. The van der Waals surface area contributed by atoms with Gasteiger partial charge in [-0.1, -0.05) is 0 Å². The Labute approximate surface area is 161 Å². The van der Waals surface area contributed by atoms with E-state index in [1.807, 2.05) is 45.9 Å². The van der Waals surface area contributed by atoms with Crippen LogP contribution in [0.25, 0.3) is 0 Å². The second-order valence-electron chi connectivity index (χ2n) is 8.08. The van der Waals surface area contributed by atoms with Crippen LogP contribution in [0.15, 0.2) is 18.2 Å².